The van der Waals surface area contributed by atoms with E-state index in [1.807, 2.05) is 6.07 Å². The summed E-state index contributed by atoms with van der Waals surface area (Å²) < 4.78 is 32.5. The van der Waals surface area contributed by atoms with Gasteiger partial charge in [-0.25, -0.2) is 13.1 Å². The summed E-state index contributed by atoms with van der Waals surface area (Å²) in [6.45, 7) is 2.65. The molecule has 0 amide bonds. The summed E-state index contributed by atoms with van der Waals surface area (Å²) in [6.07, 6.45) is 1.96. The second kappa shape index (κ2) is 5.20. The Labute approximate surface area is 113 Å². The van der Waals surface area contributed by atoms with Crippen LogP contribution in [0.5, 0.6) is 0 Å². The summed E-state index contributed by atoms with van der Waals surface area (Å²) in [5, 5.41) is 3.21. The van der Waals surface area contributed by atoms with Gasteiger partial charge >= 0.3 is 0 Å². The van der Waals surface area contributed by atoms with Gasteiger partial charge in [0.2, 0.25) is 10.0 Å². The maximum atomic E-state index is 12.2. The third kappa shape index (κ3) is 2.81. The van der Waals surface area contributed by atoms with Crippen LogP contribution in [0.1, 0.15) is 24.0 Å². The van der Waals surface area contributed by atoms with Crippen molar-refractivity contribution in [3.63, 3.8) is 0 Å². The first-order valence-electron chi connectivity index (χ1n) is 6.59. The minimum atomic E-state index is -3.43. The Morgan fingerprint density at radius 3 is 2.95 bits per heavy atom. The van der Waals surface area contributed by atoms with Gasteiger partial charge in [0.1, 0.15) is 0 Å². The molecule has 0 aromatic heterocycles. The molecule has 104 valence electrons. The highest BCUT2D eigenvalue weighted by Crippen LogP contribution is 2.20. The predicted molar refractivity (Wildman–Crippen MR) is 71.1 cm³/mol. The van der Waals surface area contributed by atoms with Gasteiger partial charge in [-0.2, -0.15) is 0 Å². The maximum Gasteiger partial charge on any atom is 0.240 e. The Hall–Kier alpha value is -0.950. The molecule has 0 aliphatic carbocycles. The normalized spacial score (nSPS) is 22.6. The van der Waals surface area contributed by atoms with E-state index in [1.54, 1.807) is 12.1 Å². The molecule has 0 saturated carbocycles. The van der Waals surface area contributed by atoms with Crippen molar-refractivity contribution in [2.75, 3.05) is 13.2 Å². The summed E-state index contributed by atoms with van der Waals surface area (Å²) in [5.74, 6) is 0. The Kier molecular flexibility index (Phi) is 3.58. The largest absolute Gasteiger partial charge is 0.377 e. The van der Waals surface area contributed by atoms with Crippen LogP contribution in [0, 0.1) is 0 Å². The number of sulfonamides is 1. The van der Waals surface area contributed by atoms with Gasteiger partial charge in [-0.3, -0.25) is 0 Å². The molecule has 1 unspecified atom stereocenters. The third-order valence-corrected chi connectivity index (χ3v) is 5.07. The summed E-state index contributed by atoms with van der Waals surface area (Å²) in [5.41, 5.74) is 2.25. The van der Waals surface area contributed by atoms with Crippen molar-refractivity contribution in [3.8, 4) is 0 Å². The fourth-order valence-electron chi connectivity index (χ4n) is 2.53. The molecule has 2 aliphatic heterocycles. The van der Waals surface area contributed by atoms with Gasteiger partial charge in [0.05, 0.1) is 11.0 Å². The van der Waals surface area contributed by atoms with E-state index in [9.17, 15) is 8.42 Å². The first-order valence-corrected chi connectivity index (χ1v) is 8.07. The lowest BCUT2D eigenvalue weighted by Gasteiger charge is -2.12. The van der Waals surface area contributed by atoms with Crippen molar-refractivity contribution in [2.24, 2.45) is 0 Å². The molecule has 2 heterocycles. The molecule has 3 rings (SSSR count). The third-order valence-electron chi connectivity index (χ3n) is 3.64. The van der Waals surface area contributed by atoms with Crippen LogP contribution < -0.4 is 10.0 Å². The van der Waals surface area contributed by atoms with Crippen LogP contribution in [0.2, 0.25) is 0 Å². The molecule has 0 radical (unpaired) electrons. The van der Waals surface area contributed by atoms with E-state index in [4.69, 9.17) is 4.74 Å². The lowest BCUT2D eigenvalue weighted by Crippen LogP contribution is -2.31. The van der Waals surface area contributed by atoms with Crippen molar-refractivity contribution >= 4 is 10.0 Å². The number of hydrogen-bond acceptors (Lipinski definition) is 4. The molecular formula is C13H18N2O3S. The standard InChI is InChI=1S/C13H18N2O3S/c16-19(17,15-9-12-2-1-5-18-12)13-4-3-10-7-14-8-11(10)6-13/h3-4,6,12,14-15H,1-2,5,7-9H2. The first kappa shape index (κ1) is 13.1. The van der Waals surface area contributed by atoms with Crippen molar-refractivity contribution in [3.05, 3.63) is 29.3 Å². The zero-order valence-corrected chi connectivity index (χ0v) is 11.5. The number of ether oxygens (including phenoxy) is 1. The Morgan fingerprint density at radius 1 is 1.32 bits per heavy atom. The maximum absolute atomic E-state index is 12.2. The Bertz CT molecular complexity index is 565. The molecule has 1 atom stereocenters. The summed E-state index contributed by atoms with van der Waals surface area (Å²) >= 11 is 0. The molecule has 0 bridgehead atoms. The fraction of sp³-hybridized carbons (Fsp3) is 0.538. The lowest BCUT2D eigenvalue weighted by atomic mass is 10.1. The number of nitrogens with one attached hydrogen (secondary N) is 2. The highest BCUT2D eigenvalue weighted by Gasteiger charge is 2.21. The minimum absolute atomic E-state index is 0.0193. The van der Waals surface area contributed by atoms with Crippen molar-refractivity contribution < 1.29 is 13.2 Å². The van der Waals surface area contributed by atoms with E-state index < -0.39 is 10.0 Å². The fourth-order valence-corrected chi connectivity index (χ4v) is 3.65. The second-order valence-corrected chi connectivity index (χ2v) is 6.79. The van der Waals surface area contributed by atoms with Crippen molar-refractivity contribution in [2.45, 2.75) is 36.9 Å². The van der Waals surface area contributed by atoms with Crippen LogP contribution in [-0.4, -0.2) is 27.7 Å². The van der Waals surface area contributed by atoms with E-state index in [0.717, 1.165) is 38.1 Å². The molecule has 1 fully saturated rings. The predicted octanol–water partition coefficient (Wildman–Crippen LogP) is 0.747. The molecular weight excluding hydrogens is 264 g/mol. The number of rotatable bonds is 4. The van der Waals surface area contributed by atoms with E-state index in [0.29, 0.717) is 11.4 Å². The summed E-state index contributed by atoms with van der Waals surface area (Å²) in [4.78, 5) is 0.341. The van der Waals surface area contributed by atoms with Crippen LogP contribution in [0.25, 0.3) is 0 Å². The van der Waals surface area contributed by atoms with Crippen LogP contribution in [0.15, 0.2) is 23.1 Å². The lowest BCUT2D eigenvalue weighted by molar-refractivity contribution is 0.114. The van der Waals surface area contributed by atoms with Crippen LogP contribution in [0.4, 0.5) is 0 Å². The quantitative estimate of drug-likeness (QED) is 0.855. The highest BCUT2D eigenvalue weighted by molar-refractivity contribution is 7.89. The molecule has 1 aromatic rings. The van der Waals surface area contributed by atoms with Crippen molar-refractivity contribution in [1.82, 2.24) is 10.0 Å². The van der Waals surface area contributed by atoms with E-state index in [-0.39, 0.29) is 6.10 Å². The summed E-state index contributed by atoms with van der Waals surface area (Å²) in [7, 11) is -3.43. The Balaban J connectivity index is 1.72. The van der Waals surface area contributed by atoms with Gasteiger partial charge in [0.25, 0.3) is 0 Å². The van der Waals surface area contributed by atoms with Gasteiger partial charge in [-0.05, 0) is 36.1 Å². The average molecular weight is 282 g/mol. The molecule has 1 saturated heterocycles. The minimum Gasteiger partial charge on any atom is -0.377 e. The van der Waals surface area contributed by atoms with Crippen LogP contribution in [0.3, 0.4) is 0 Å². The number of hydrogen-bond donors (Lipinski definition) is 2. The van der Waals surface area contributed by atoms with Crippen LogP contribution in [-0.2, 0) is 27.8 Å². The van der Waals surface area contributed by atoms with E-state index >= 15 is 0 Å². The molecule has 6 heteroatoms. The zero-order chi connectivity index (χ0) is 13.3. The Morgan fingerprint density at radius 2 is 2.16 bits per heavy atom. The van der Waals surface area contributed by atoms with Gasteiger partial charge < -0.3 is 10.1 Å². The average Bonchev–Trinajstić information content (AvgIpc) is 3.06. The van der Waals surface area contributed by atoms with Gasteiger partial charge in [0.15, 0.2) is 0 Å². The molecule has 2 aliphatic rings. The highest BCUT2D eigenvalue weighted by atomic mass is 32.2. The zero-order valence-electron chi connectivity index (χ0n) is 10.7. The van der Waals surface area contributed by atoms with Gasteiger partial charge in [-0.1, -0.05) is 6.07 Å². The molecule has 5 nitrogen and oxygen atoms in total. The molecule has 2 N–H and O–H groups in total. The van der Waals surface area contributed by atoms with E-state index in [2.05, 4.69) is 10.0 Å². The van der Waals surface area contributed by atoms with Crippen LogP contribution >= 0.6 is 0 Å². The monoisotopic (exact) mass is 282 g/mol. The summed E-state index contributed by atoms with van der Waals surface area (Å²) in [6, 6.07) is 5.31. The van der Waals surface area contributed by atoms with Crippen molar-refractivity contribution in [1.29, 1.82) is 0 Å². The molecule has 0 spiro atoms. The topological polar surface area (TPSA) is 67.4 Å². The smallest absolute Gasteiger partial charge is 0.240 e. The molecule has 19 heavy (non-hydrogen) atoms. The molecule has 1 aromatic carbocycles. The van der Waals surface area contributed by atoms with Gasteiger partial charge in [0, 0.05) is 26.2 Å². The number of fused-ring (bicyclic) bond motifs is 1. The van der Waals surface area contributed by atoms with Gasteiger partial charge in [-0.15, -0.1) is 0 Å². The first-order chi connectivity index (χ1) is 9.15. The number of benzene rings is 1. The SMILES string of the molecule is O=S(=O)(NCC1CCCO1)c1ccc2c(c1)CNC2. The van der Waals surface area contributed by atoms with E-state index in [1.165, 1.54) is 5.56 Å². The second-order valence-electron chi connectivity index (χ2n) is 5.02.